The molecule has 2 aromatic heterocycles. The lowest BCUT2D eigenvalue weighted by Crippen LogP contribution is -2.28. The highest BCUT2D eigenvalue weighted by atomic mass is 32.1. The van der Waals surface area contributed by atoms with Crippen molar-refractivity contribution in [1.29, 1.82) is 0 Å². The summed E-state index contributed by atoms with van der Waals surface area (Å²) < 4.78 is 6.08. The predicted octanol–water partition coefficient (Wildman–Crippen LogP) is 1.65. The highest BCUT2D eigenvalue weighted by molar-refractivity contribution is 7.16. The van der Waals surface area contributed by atoms with Crippen LogP contribution in [0.15, 0.2) is 36.7 Å². The SMILES string of the molecule is COC(=O)c1nc(NC(=O)C(Cc2ccccc2)n2cnnn2)sc1C. The van der Waals surface area contributed by atoms with Crippen molar-refractivity contribution >= 4 is 28.3 Å². The highest BCUT2D eigenvalue weighted by Gasteiger charge is 2.24. The van der Waals surface area contributed by atoms with Crippen LogP contribution in [0.2, 0.25) is 0 Å². The number of amides is 1. The Balaban J connectivity index is 1.81. The van der Waals surface area contributed by atoms with Crippen LogP contribution in [0.3, 0.4) is 0 Å². The van der Waals surface area contributed by atoms with Crippen molar-refractivity contribution < 1.29 is 14.3 Å². The number of aromatic nitrogens is 5. The van der Waals surface area contributed by atoms with E-state index in [9.17, 15) is 9.59 Å². The van der Waals surface area contributed by atoms with Crippen molar-refractivity contribution in [3.8, 4) is 0 Å². The summed E-state index contributed by atoms with van der Waals surface area (Å²) in [6.45, 7) is 1.74. The number of carbonyl (C=O) groups excluding carboxylic acids is 2. The van der Waals surface area contributed by atoms with Gasteiger partial charge in [-0.2, -0.15) is 0 Å². The topological polar surface area (TPSA) is 112 Å². The van der Waals surface area contributed by atoms with Gasteiger partial charge >= 0.3 is 5.97 Å². The van der Waals surface area contributed by atoms with Gasteiger partial charge in [-0.25, -0.2) is 14.5 Å². The van der Waals surface area contributed by atoms with Gasteiger partial charge < -0.3 is 10.1 Å². The van der Waals surface area contributed by atoms with Gasteiger partial charge in [-0.15, -0.1) is 16.4 Å². The van der Waals surface area contributed by atoms with Crippen molar-refractivity contribution in [2.45, 2.75) is 19.4 Å². The molecule has 10 heteroatoms. The number of thiazole rings is 1. The van der Waals surface area contributed by atoms with E-state index in [1.54, 1.807) is 6.92 Å². The van der Waals surface area contributed by atoms with E-state index in [1.807, 2.05) is 30.3 Å². The fraction of sp³-hybridized carbons (Fsp3) is 0.250. The summed E-state index contributed by atoms with van der Waals surface area (Å²) in [6, 6.07) is 8.90. The van der Waals surface area contributed by atoms with E-state index in [0.29, 0.717) is 16.4 Å². The Morgan fingerprint density at radius 1 is 1.31 bits per heavy atom. The Hall–Kier alpha value is -3.14. The van der Waals surface area contributed by atoms with Crippen molar-refractivity contribution in [3.63, 3.8) is 0 Å². The number of nitrogens with one attached hydrogen (secondary N) is 1. The minimum absolute atomic E-state index is 0.190. The summed E-state index contributed by atoms with van der Waals surface area (Å²) in [5.41, 5.74) is 1.16. The number of anilines is 1. The zero-order valence-electron chi connectivity index (χ0n) is 14.1. The summed E-state index contributed by atoms with van der Waals surface area (Å²) in [5.74, 6) is -0.869. The summed E-state index contributed by atoms with van der Waals surface area (Å²) in [6.07, 6.45) is 1.80. The normalized spacial score (nSPS) is 11.8. The van der Waals surface area contributed by atoms with Crippen molar-refractivity contribution in [3.05, 3.63) is 52.8 Å². The standard InChI is InChI=1S/C16H16N6O3S/c1-10-13(15(24)25-2)18-16(26-10)19-14(23)12(22-9-17-20-21-22)8-11-6-4-3-5-7-11/h3-7,9,12H,8H2,1-2H3,(H,18,19,23). The van der Waals surface area contributed by atoms with Crippen LogP contribution in [0.1, 0.15) is 27.0 Å². The molecule has 0 aliphatic rings. The fourth-order valence-electron chi connectivity index (χ4n) is 2.38. The van der Waals surface area contributed by atoms with Crippen LogP contribution in [-0.2, 0) is 16.0 Å². The first-order chi connectivity index (χ1) is 12.6. The smallest absolute Gasteiger partial charge is 0.357 e. The molecule has 9 nitrogen and oxygen atoms in total. The van der Waals surface area contributed by atoms with Gasteiger partial charge in [0.1, 0.15) is 12.4 Å². The molecule has 0 saturated carbocycles. The Labute approximate surface area is 153 Å². The number of hydrogen-bond donors (Lipinski definition) is 1. The summed E-state index contributed by atoms with van der Waals surface area (Å²) >= 11 is 1.20. The highest BCUT2D eigenvalue weighted by Crippen LogP contribution is 2.24. The molecule has 0 aliphatic carbocycles. The molecular formula is C16H16N6O3S. The minimum Gasteiger partial charge on any atom is -0.464 e. The lowest BCUT2D eigenvalue weighted by molar-refractivity contribution is -0.119. The maximum Gasteiger partial charge on any atom is 0.357 e. The van der Waals surface area contributed by atoms with Gasteiger partial charge in [-0.3, -0.25) is 4.79 Å². The number of ether oxygens (including phenoxy) is 1. The quantitative estimate of drug-likeness (QED) is 0.655. The molecule has 2 heterocycles. The molecule has 1 amide bonds. The van der Waals surface area contributed by atoms with Crippen LogP contribution < -0.4 is 5.32 Å². The van der Waals surface area contributed by atoms with E-state index < -0.39 is 12.0 Å². The molecule has 3 aromatic rings. The van der Waals surface area contributed by atoms with Gasteiger partial charge in [-0.05, 0) is 22.9 Å². The third-order valence-electron chi connectivity index (χ3n) is 3.66. The molecule has 1 N–H and O–H groups in total. The third kappa shape index (κ3) is 3.91. The number of carbonyl (C=O) groups is 2. The number of hydrogen-bond acceptors (Lipinski definition) is 8. The zero-order chi connectivity index (χ0) is 18.5. The first-order valence-corrected chi connectivity index (χ1v) is 8.53. The molecular weight excluding hydrogens is 356 g/mol. The summed E-state index contributed by atoms with van der Waals surface area (Å²) in [7, 11) is 1.28. The zero-order valence-corrected chi connectivity index (χ0v) is 14.9. The molecule has 0 fully saturated rings. The lowest BCUT2D eigenvalue weighted by atomic mass is 10.1. The Bertz CT molecular complexity index is 894. The number of nitrogens with zero attached hydrogens (tertiary/aromatic N) is 5. The van der Waals surface area contributed by atoms with E-state index >= 15 is 0 Å². The van der Waals surface area contributed by atoms with Crippen molar-refractivity contribution in [2.24, 2.45) is 0 Å². The van der Waals surface area contributed by atoms with Crippen LogP contribution in [0.25, 0.3) is 0 Å². The summed E-state index contributed by atoms with van der Waals surface area (Å²) in [4.78, 5) is 29.3. The monoisotopic (exact) mass is 372 g/mol. The van der Waals surface area contributed by atoms with Gasteiger partial charge in [0.15, 0.2) is 10.8 Å². The number of rotatable bonds is 6. The Morgan fingerprint density at radius 2 is 2.08 bits per heavy atom. The van der Waals surface area contributed by atoms with E-state index in [4.69, 9.17) is 0 Å². The molecule has 3 rings (SSSR count). The van der Waals surface area contributed by atoms with E-state index in [0.717, 1.165) is 5.56 Å². The fourth-order valence-corrected chi connectivity index (χ4v) is 3.18. The van der Waals surface area contributed by atoms with E-state index in [2.05, 4.69) is 30.6 Å². The first-order valence-electron chi connectivity index (χ1n) is 7.71. The number of esters is 1. The van der Waals surface area contributed by atoms with Crippen molar-refractivity contribution in [1.82, 2.24) is 25.2 Å². The average Bonchev–Trinajstić information content (AvgIpc) is 3.29. The third-order valence-corrected chi connectivity index (χ3v) is 4.55. The van der Waals surface area contributed by atoms with Gasteiger partial charge in [0.25, 0.3) is 5.91 Å². The molecule has 0 radical (unpaired) electrons. The molecule has 0 spiro atoms. The van der Waals surface area contributed by atoms with Crippen molar-refractivity contribution in [2.75, 3.05) is 12.4 Å². The largest absolute Gasteiger partial charge is 0.464 e. The molecule has 1 atom stereocenters. The number of benzene rings is 1. The van der Waals surface area contributed by atoms with Gasteiger partial charge in [-0.1, -0.05) is 30.3 Å². The van der Waals surface area contributed by atoms with Crippen LogP contribution >= 0.6 is 11.3 Å². The predicted molar refractivity (Wildman–Crippen MR) is 93.8 cm³/mol. The molecule has 134 valence electrons. The number of methoxy groups -OCH3 is 1. The minimum atomic E-state index is -0.654. The van der Waals surface area contributed by atoms with Crippen LogP contribution in [-0.4, -0.2) is 44.2 Å². The van der Waals surface area contributed by atoms with Gasteiger partial charge in [0, 0.05) is 11.3 Å². The maximum atomic E-state index is 12.8. The Kier molecular flexibility index (Phi) is 5.32. The molecule has 0 bridgehead atoms. The van der Waals surface area contributed by atoms with Crippen LogP contribution in [0.4, 0.5) is 5.13 Å². The number of tetrazole rings is 1. The molecule has 26 heavy (non-hydrogen) atoms. The summed E-state index contributed by atoms with van der Waals surface area (Å²) in [5, 5.41) is 14.1. The second-order valence-electron chi connectivity index (χ2n) is 5.40. The number of aryl methyl sites for hydroxylation is 1. The first kappa shape index (κ1) is 17.7. The van der Waals surface area contributed by atoms with Gasteiger partial charge in [0.2, 0.25) is 0 Å². The second kappa shape index (κ2) is 7.83. The molecule has 1 aromatic carbocycles. The second-order valence-corrected chi connectivity index (χ2v) is 6.60. The maximum absolute atomic E-state index is 12.8. The van der Waals surface area contributed by atoms with Gasteiger partial charge in [0.05, 0.1) is 7.11 Å². The lowest BCUT2D eigenvalue weighted by Gasteiger charge is -2.15. The van der Waals surface area contributed by atoms with E-state index in [1.165, 1.54) is 29.5 Å². The molecule has 0 saturated heterocycles. The molecule has 0 aliphatic heterocycles. The Morgan fingerprint density at radius 3 is 2.73 bits per heavy atom. The average molecular weight is 372 g/mol. The van der Waals surface area contributed by atoms with Crippen LogP contribution in [0.5, 0.6) is 0 Å². The van der Waals surface area contributed by atoms with E-state index in [-0.39, 0.29) is 11.6 Å². The van der Waals surface area contributed by atoms with Crippen LogP contribution in [0, 0.1) is 6.92 Å². The molecule has 1 unspecified atom stereocenters.